The summed E-state index contributed by atoms with van der Waals surface area (Å²) in [5.74, 6) is 0.548. The van der Waals surface area contributed by atoms with Gasteiger partial charge in [0.25, 0.3) is 0 Å². The number of thiocarbonyl (C=S) groups is 1. The molecule has 3 N–H and O–H groups in total. The Balaban J connectivity index is 3.90. The van der Waals surface area contributed by atoms with Crippen LogP contribution < -0.4 is 11.1 Å². The molecule has 2 atom stereocenters. The molecule has 0 aliphatic heterocycles. The molecule has 0 rings (SSSR count). The first-order valence-corrected chi connectivity index (χ1v) is 6.58. The molecule has 0 saturated heterocycles. The summed E-state index contributed by atoms with van der Waals surface area (Å²) in [4.78, 5) is 12.1. The highest BCUT2D eigenvalue weighted by atomic mass is 32.1. The first kappa shape index (κ1) is 16.4. The van der Waals surface area contributed by atoms with Gasteiger partial charge in [0.2, 0.25) is 5.91 Å². The molecule has 2 unspecified atom stereocenters. The highest BCUT2D eigenvalue weighted by molar-refractivity contribution is 7.80. The normalized spacial score (nSPS) is 15.1. The van der Waals surface area contributed by atoms with Crippen molar-refractivity contribution >= 4 is 23.1 Å². The first-order valence-electron chi connectivity index (χ1n) is 6.18. The quantitative estimate of drug-likeness (QED) is 0.720. The van der Waals surface area contributed by atoms with Gasteiger partial charge in [0.1, 0.15) is 0 Å². The molecule has 0 spiro atoms. The van der Waals surface area contributed by atoms with Crippen molar-refractivity contribution < 1.29 is 4.79 Å². The van der Waals surface area contributed by atoms with Gasteiger partial charge in [-0.25, -0.2) is 0 Å². The zero-order chi connectivity index (χ0) is 13.6. The van der Waals surface area contributed by atoms with E-state index in [9.17, 15) is 4.79 Å². The molecule has 4 heteroatoms. The van der Waals surface area contributed by atoms with E-state index in [1.54, 1.807) is 0 Å². The fraction of sp³-hybridized carbons (Fsp3) is 0.846. The largest absolute Gasteiger partial charge is 0.393 e. The number of nitrogens with one attached hydrogen (secondary N) is 1. The monoisotopic (exact) mass is 258 g/mol. The Morgan fingerprint density at radius 1 is 1.35 bits per heavy atom. The van der Waals surface area contributed by atoms with Crippen LogP contribution in [0.1, 0.15) is 47.5 Å². The van der Waals surface area contributed by atoms with E-state index in [2.05, 4.69) is 33.0 Å². The zero-order valence-corrected chi connectivity index (χ0v) is 12.5. The minimum atomic E-state index is 0.0619. The second-order valence-corrected chi connectivity index (χ2v) is 6.65. The van der Waals surface area contributed by atoms with Gasteiger partial charge in [-0.3, -0.25) is 4.79 Å². The van der Waals surface area contributed by atoms with Crippen LogP contribution in [0.2, 0.25) is 0 Å². The molecule has 0 aliphatic rings. The van der Waals surface area contributed by atoms with E-state index in [0.29, 0.717) is 23.9 Å². The van der Waals surface area contributed by atoms with Crippen LogP contribution in [0.3, 0.4) is 0 Å². The van der Waals surface area contributed by atoms with Crippen LogP contribution in [0.15, 0.2) is 0 Å². The number of rotatable bonds is 6. The van der Waals surface area contributed by atoms with E-state index in [4.69, 9.17) is 18.0 Å². The summed E-state index contributed by atoms with van der Waals surface area (Å²) in [5, 5.41) is 2.87. The predicted molar refractivity (Wildman–Crippen MR) is 76.8 cm³/mol. The summed E-state index contributed by atoms with van der Waals surface area (Å²) in [7, 11) is 0. The number of amides is 1. The first-order chi connectivity index (χ1) is 7.61. The Bertz CT molecular complexity index is 271. The van der Waals surface area contributed by atoms with Crippen molar-refractivity contribution in [1.82, 2.24) is 5.32 Å². The smallest absolute Gasteiger partial charge is 0.220 e. The van der Waals surface area contributed by atoms with E-state index in [-0.39, 0.29) is 17.2 Å². The highest BCUT2D eigenvalue weighted by Gasteiger charge is 2.18. The standard InChI is InChI=1S/C13H26N2OS/c1-9(7-13(3,4)5)6-11(16)15-8-10(2)12(14)17/h9-10H,6-8H2,1-5H3,(H2,14,17)(H,15,16). The number of carbonyl (C=O) groups is 1. The molecule has 0 aromatic heterocycles. The van der Waals surface area contributed by atoms with Gasteiger partial charge in [-0.1, -0.05) is 46.8 Å². The maximum atomic E-state index is 11.7. The molecule has 0 saturated carbocycles. The molecule has 0 heterocycles. The maximum absolute atomic E-state index is 11.7. The number of hydrogen-bond donors (Lipinski definition) is 2. The fourth-order valence-corrected chi connectivity index (χ4v) is 1.96. The molecule has 100 valence electrons. The molecule has 0 aliphatic carbocycles. The van der Waals surface area contributed by atoms with Crippen LogP contribution >= 0.6 is 12.2 Å². The van der Waals surface area contributed by atoms with Gasteiger partial charge in [-0.2, -0.15) is 0 Å². The van der Waals surface area contributed by atoms with E-state index in [1.807, 2.05) is 6.92 Å². The highest BCUT2D eigenvalue weighted by Crippen LogP contribution is 2.25. The lowest BCUT2D eigenvalue weighted by molar-refractivity contribution is -0.122. The minimum absolute atomic E-state index is 0.0619. The van der Waals surface area contributed by atoms with Crippen LogP contribution in [-0.4, -0.2) is 17.4 Å². The van der Waals surface area contributed by atoms with E-state index in [1.165, 1.54) is 0 Å². The molecule has 0 fully saturated rings. The Morgan fingerprint density at radius 2 is 1.88 bits per heavy atom. The third-order valence-electron chi connectivity index (χ3n) is 2.59. The average Bonchev–Trinajstić information content (AvgIpc) is 2.10. The summed E-state index contributed by atoms with van der Waals surface area (Å²) in [6.07, 6.45) is 1.62. The summed E-state index contributed by atoms with van der Waals surface area (Å²) in [5.41, 5.74) is 5.76. The van der Waals surface area contributed by atoms with Gasteiger partial charge in [0.05, 0.1) is 4.99 Å². The molecule has 1 amide bonds. The fourth-order valence-electron chi connectivity index (χ4n) is 1.87. The lowest BCUT2D eigenvalue weighted by Crippen LogP contribution is -2.34. The van der Waals surface area contributed by atoms with Crippen molar-refractivity contribution in [1.29, 1.82) is 0 Å². The van der Waals surface area contributed by atoms with E-state index < -0.39 is 0 Å². The van der Waals surface area contributed by atoms with Crippen LogP contribution in [0.5, 0.6) is 0 Å². The summed E-state index contributed by atoms with van der Waals surface area (Å²) >= 11 is 4.86. The van der Waals surface area contributed by atoms with Crippen LogP contribution in [0, 0.1) is 17.3 Å². The predicted octanol–water partition coefficient (Wildman–Crippen LogP) is 2.49. The summed E-state index contributed by atoms with van der Waals surface area (Å²) < 4.78 is 0. The Hall–Kier alpha value is -0.640. The Morgan fingerprint density at radius 3 is 2.29 bits per heavy atom. The Labute approximate surface area is 111 Å². The van der Waals surface area contributed by atoms with Gasteiger partial charge < -0.3 is 11.1 Å². The molecule has 17 heavy (non-hydrogen) atoms. The second-order valence-electron chi connectivity index (χ2n) is 6.18. The van der Waals surface area contributed by atoms with Crippen molar-refractivity contribution in [3.8, 4) is 0 Å². The summed E-state index contributed by atoms with van der Waals surface area (Å²) in [6.45, 7) is 11.1. The van der Waals surface area contributed by atoms with Crippen molar-refractivity contribution in [2.45, 2.75) is 47.5 Å². The van der Waals surface area contributed by atoms with Crippen molar-refractivity contribution in [2.24, 2.45) is 23.0 Å². The third kappa shape index (κ3) is 9.10. The van der Waals surface area contributed by atoms with E-state index in [0.717, 1.165) is 6.42 Å². The van der Waals surface area contributed by atoms with Gasteiger partial charge in [0, 0.05) is 18.9 Å². The molecule has 0 bridgehead atoms. The van der Waals surface area contributed by atoms with E-state index >= 15 is 0 Å². The van der Waals surface area contributed by atoms with Crippen LogP contribution in [0.25, 0.3) is 0 Å². The molecular weight excluding hydrogens is 232 g/mol. The van der Waals surface area contributed by atoms with Crippen molar-refractivity contribution in [3.63, 3.8) is 0 Å². The van der Waals surface area contributed by atoms with Crippen molar-refractivity contribution in [3.05, 3.63) is 0 Å². The second kappa shape index (κ2) is 6.94. The lowest BCUT2D eigenvalue weighted by atomic mass is 9.84. The van der Waals surface area contributed by atoms with Gasteiger partial charge in [0.15, 0.2) is 0 Å². The molecule has 3 nitrogen and oxygen atoms in total. The zero-order valence-electron chi connectivity index (χ0n) is 11.7. The average molecular weight is 258 g/mol. The Kier molecular flexibility index (Phi) is 6.68. The van der Waals surface area contributed by atoms with Gasteiger partial charge >= 0.3 is 0 Å². The summed E-state index contributed by atoms with van der Waals surface area (Å²) in [6, 6.07) is 0. The van der Waals surface area contributed by atoms with Crippen LogP contribution in [0.4, 0.5) is 0 Å². The maximum Gasteiger partial charge on any atom is 0.220 e. The third-order valence-corrected chi connectivity index (χ3v) is 2.99. The topological polar surface area (TPSA) is 55.1 Å². The van der Waals surface area contributed by atoms with Crippen LogP contribution in [-0.2, 0) is 4.79 Å². The molecule has 0 aromatic rings. The van der Waals surface area contributed by atoms with Gasteiger partial charge in [-0.05, 0) is 17.8 Å². The molecule has 0 radical (unpaired) electrons. The minimum Gasteiger partial charge on any atom is -0.393 e. The molecular formula is C13H26N2OS. The van der Waals surface area contributed by atoms with Gasteiger partial charge in [-0.15, -0.1) is 0 Å². The molecule has 0 aromatic carbocycles. The lowest BCUT2D eigenvalue weighted by Gasteiger charge is -2.23. The number of hydrogen-bond acceptors (Lipinski definition) is 2. The SMILES string of the molecule is CC(CC(=O)NCC(C)C(N)=S)CC(C)(C)C. The number of nitrogens with two attached hydrogens (primary N) is 1. The van der Waals surface area contributed by atoms with Crippen molar-refractivity contribution in [2.75, 3.05) is 6.54 Å². The number of carbonyl (C=O) groups excluding carboxylic acids is 1.